The normalized spacial score (nSPS) is 11.3. The van der Waals surface area contributed by atoms with Gasteiger partial charge < -0.3 is 4.74 Å². The van der Waals surface area contributed by atoms with E-state index in [4.69, 9.17) is 16.3 Å². The molecule has 2 aromatic carbocycles. The van der Waals surface area contributed by atoms with E-state index in [2.05, 4.69) is 6.07 Å². The van der Waals surface area contributed by atoms with Gasteiger partial charge in [-0.15, -0.1) is 0 Å². The van der Waals surface area contributed by atoms with Crippen molar-refractivity contribution in [1.82, 2.24) is 0 Å². The number of ether oxygens (including phenoxy) is 1. The molecule has 0 spiro atoms. The molecule has 3 nitrogen and oxygen atoms in total. The molecule has 0 saturated carbocycles. The van der Waals surface area contributed by atoms with Crippen molar-refractivity contribution in [1.29, 1.82) is 0 Å². The summed E-state index contributed by atoms with van der Waals surface area (Å²) in [6.07, 6.45) is 0.858. The van der Waals surface area contributed by atoms with E-state index in [1.165, 1.54) is 24.3 Å². The lowest BCUT2D eigenvalue weighted by atomic mass is 10.3. The van der Waals surface area contributed by atoms with Gasteiger partial charge in [-0.2, -0.15) is 0 Å². The second kappa shape index (κ2) is 6.29. The van der Waals surface area contributed by atoms with Crippen LogP contribution in [0.3, 0.4) is 0 Å². The van der Waals surface area contributed by atoms with Crippen LogP contribution in [0.5, 0.6) is 5.75 Å². The Hall–Kier alpha value is -1.52. The molecule has 5 heteroatoms. The number of sulfone groups is 1. The van der Waals surface area contributed by atoms with Gasteiger partial charge in [-0.05, 0) is 42.8 Å². The Morgan fingerprint density at radius 3 is 2.45 bits per heavy atom. The third-order valence-electron chi connectivity index (χ3n) is 2.67. The zero-order valence-corrected chi connectivity index (χ0v) is 12.5. The average Bonchev–Trinajstić information content (AvgIpc) is 2.47. The van der Waals surface area contributed by atoms with E-state index in [0.29, 0.717) is 17.4 Å². The molecule has 20 heavy (non-hydrogen) atoms. The van der Waals surface area contributed by atoms with Gasteiger partial charge in [0, 0.05) is 0 Å². The van der Waals surface area contributed by atoms with E-state index in [9.17, 15) is 8.42 Å². The van der Waals surface area contributed by atoms with Crippen molar-refractivity contribution in [3.63, 3.8) is 0 Å². The second-order valence-electron chi connectivity index (χ2n) is 4.18. The van der Waals surface area contributed by atoms with Crippen LogP contribution in [0, 0.1) is 6.07 Å². The fourth-order valence-corrected chi connectivity index (χ4v) is 3.25. The Labute approximate surface area is 124 Å². The lowest BCUT2D eigenvalue weighted by Gasteiger charge is -2.09. The number of hydrogen-bond acceptors (Lipinski definition) is 3. The molecule has 0 unspecified atom stereocenters. The Morgan fingerprint density at radius 2 is 1.85 bits per heavy atom. The van der Waals surface area contributed by atoms with Crippen molar-refractivity contribution in [2.45, 2.75) is 23.1 Å². The molecule has 0 aliphatic heterocycles. The molecule has 0 fully saturated rings. The summed E-state index contributed by atoms with van der Waals surface area (Å²) in [7, 11) is -3.56. The maximum Gasteiger partial charge on any atom is 0.206 e. The van der Waals surface area contributed by atoms with Crippen LogP contribution in [0.15, 0.2) is 52.3 Å². The monoisotopic (exact) mass is 309 g/mol. The highest BCUT2D eigenvalue weighted by molar-refractivity contribution is 7.91. The Bertz CT molecular complexity index is 682. The molecule has 0 amide bonds. The third kappa shape index (κ3) is 3.14. The molecule has 2 aromatic rings. The summed E-state index contributed by atoms with van der Waals surface area (Å²) in [4.78, 5) is 0.368. The minimum absolute atomic E-state index is 0.151. The van der Waals surface area contributed by atoms with Gasteiger partial charge in [-0.3, -0.25) is 0 Å². The molecule has 0 atom stereocenters. The summed E-state index contributed by atoms with van der Waals surface area (Å²) in [5.74, 6) is 0.494. The minimum Gasteiger partial charge on any atom is -0.492 e. The summed E-state index contributed by atoms with van der Waals surface area (Å²) in [6.45, 7) is 2.53. The van der Waals surface area contributed by atoms with E-state index >= 15 is 0 Å². The van der Waals surface area contributed by atoms with Crippen LogP contribution in [0.25, 0.3) is 0 Å². The maximum atomic E-state index is 12.4. The molecule has 0 aromatic heterocycles. The molecular formula is C15H14ClO3S. The second-order valence-corrected chi connectivity index (χ2v) is 6.54. The quantitative estimate of drug-likeness (QED) is 0.844. The van der Waals surface area contributed by atoms with Crippen LogP contribution < -0.4 is 4.74 Å². The first-order chi connectivity index (χ1) is 9.55. The van der Waals surface area contributed by atoms with Crippen LogP contribution in [0.1, 0.15) is 13.3 Å². The molecular weight excluding hydrogens is 296 g/mol. The van der Waals surface area contributed by atoms with Crippen molar-refractivity contribution in [2.24, 2.45) is 0 Å². The number of rotatable bonds is 5. The first-order valence-electron chi connectivity index (χ1n) is 6.19. The molecule has 0 aliphatic rings. The molecule has 0 saturated heterocycles. The van der Waals surface area contributed by atoms with Crippen LogP contribution in [0.2, 0.25) is 5.02 Å². The van der Waals surface area contributed by atoms with E-state index in [1.54, 1.807) is 18.2 Å². The predicted molar refractivity (Wildman–Crippen MR) is 78.0 cm³/mol. The number of halogens is 1. The van der Waals surface area contributed by atoms with E-state index in [0.717, 1.165) is 6.42 Å². The molecule has 2 rings (SSSR count). The summed E-state index contributed by atoms with van der Waals surface area (Å²) >= 11 is 6.06. The van der Waals surface area contributed by atoms with Crippen molar-refractivity contribution in [3.05, 3.63) is 53.6 Å². The predicted octanol–water partition coefficient (Wildman–Crippen LogP) is 3.76. The SMILES string of the molecule is CCCOc1ccc(S(=O)(=O)c2cc[c]cc2)cc1Cl. The van der Waals surface area contributed by atoms with Crippen LogP contribution in [0.4, 0.5) is 0 Å². The van der Waals surface area contributed by atoms with Crippen molar-refractivity contribution < 1.29 is 13.2 Å². The van der Waals surface area contributed by atoms with Crippen molar-refractivity contribution in [3.8, 4) is 5.75 Å². The minimum atomic E-state index is -3.56. The van der Waals surface area contributed by atoms with Crippen LogP contribution >= 0.6 is 11.6 Å². The average molecular weight is 310 g/mol. The zero-order chi connectivity index (χ0) is 14.6. The van der Waals surface area contributed by atoms with Crippen LogP contribution in [-0.2, 0) is 9.84 Å². The van der Waals surface area contributed by atoms with Gasteiger partial charge in [0.15, 0.2) is 0 Å². The number of benzene rings is 2. The molecule has 0 aliphatic carbocycles. The first kappa shape index (κ1) is 14.9. The highest BCUT2D eigenvalue weighted by Crippen LogP contribution is 2.30. The fraction of sp³-hybridized carbons (Fsp3) is 0.200. The van der Waals surface area contributed by atoms with Gasteiger partial charge in [0.1, 0.15) is 5.75 Å². The molecule has 105 valence electrons. The maximum absolute atomic E-state index is 12.4. The summed E-state index contributed by atoms with van der Waals surface area (Å²) in [6, 6.07) is 13.4. The lowest BCUT2D eigenvalue weighted by molar-refractivity contribution is 0.317. The van der Waals surface area contributed by atoms with Gasteiger partial charge >= 0.3 is 0 Å². The van der Waals surface area contributed by atoms with E-state index in [-0.39, 0.29) is 9.79 Å². The highest BCUT2D eigenvalue weighted by Gasteiger charge is 2.18. The van der Waals surface area contributed by atoms with E-state index < -0.39 is 9.84 Å². The fourth-order valence-electron chi connectivity index (χ4n) is 1.66. The Kier molecular flexibility index (Phi) is 4.68. The molecule has 1 radical (unpaired) electrons. The standard InChI is InChI=1S/C15H14ClO3S/c1-2-10-19-15-9-8-13(11-14(15)16)20(17,18)12-6-4-3-5-7-12/h4-9,11H,2,10H2,1H3. The largest absolute Gasteiger partial charge is 0.492 e. The van der Waals surface area contributed by atoms with Gasteiger partial charge in [0.25, 0.3) is 0 Å². The Balaban J connectivity index is 2.37. The first-order valence-corrected chi connectivity index (χ1v) is 8.05. The van der Waals surface area contributed by atoms with Crippen LogP contribution in [-0.4, -0.2) is 15.0 Å². The van der Waals surface area contributed by atoms with Crippen molar-refractivity contribution >= 4 is 21.4 Å². The molecule has 0 N–H and O–H groups in total. The lowest BCUT2D eigenvalue weighted by Crippen LogP contribution is -2.02. The van der Waals surface area contributed by atoms with Gasteiger partial charge in [-0.1, -0.05) is 30.7 Å². The number of hydrogen-bond donors (Lipinski definition) is 0. The van der Waals surface area contributed by atoms with Gasteiger partial charge in [0.05, 0.1) is 21.4 Å². The summed E-state index contributed by atoms with van der Waals surface area (Å²) in [5, 5.41) is 0.294. The molecule has 0 heterocycles. The summed E-state index contributed by atoms with van der Waals surface area (Å²) in [5.41, 5.74) is 0. The van der Waals surface area contributed by atoms with Gasteiger partial charge in [-0.25, -0.2) is 8.42 Å². The summed E-state index contributed by atoms with van der Waals surface area (Å²) < 4.78 is 30.2. The molecule has 0 bridgehead atoms. The van der Waals surface area contributed by atoms with Gasteiger partial charge in [0.2, 0.25) is 9.84 Å². The Morgan fingerprint density at radius 1 is 1.15 bits per heavy atom. The topological polar surface area (TPSA) is 43.4 Å². The van der Waals surface area contributed by atoms with E-state index in [1.807, 2.05) is 6.92 Å². The van der Waals surface area contributed by atoms with Crippen molar-refractivity contribution in [2.75, 3.05) is 6.61 Å². The third-order valence-corrected chi connectivity index (χ3v) is 4.74. The zero-order valence-electron chi connectivity index (χ0n) is 11.0. The highest BCUT2D eigenvalue weighted by atomic mass is 35.5. The smallest absolute Gasteiger partial charge is 0.206 e.